The highest BCUT2D eigenvalue weighted by Crippen LogP contribution is 2.16. The van der Waals surface area contributed by atoms with E-state index < -0.39 is 11.9 Å². The highest BCUT2D eigenvalue weighted by atomic mass is 16.5. The van der Waals surface area contributed by atoms with Crippen molar-refractivity contribution in [3.8, 4) is 0 Å². The molecule has 0 aliphatic carbocycles. The van der Waals surface area contributed by atoms with Gasteiger partial charge in [0.1, 0.15) is 6.54 Å². The number of benzene rings is 1. The number of nitrogens with zero attached hydrogens (tertiary/aromatic N) is 1. The Balaban J connectivity index is 1.89. The van der Waals surface area contributed by atoms with Crippen LogP contribution in [0, 0.1) is 13.8 Å². The third-order valence-electron chi connectivity index (χ3n) is 4.40. The lowest BCUT2D eigenvalue weighted by atomic mass is 10.1. The van der Waals surface area contributed by atoms with Gasteiger partial charge in [-0.25, -0.2) is 4.79 Å². The van der Waals surface area contributed by atoms with Crippen LogP contribution in [0.2, 0.25) is 0 Å². The average Bonchev–Trinajstić information content (AvgIpc) is 2.95. The van der Waals surface area contributed by atoms with Crippen LogP contribution in [0.25, 0.3) is 0 Å². The first kappa shape index (κ1) is 21.2. The van der Waals surface area contributed by atoms with Gasteiger partial charge >= 0.3 is 11.9 Å². The number of hydrogen-bond acceptors (Lipinski definition) is 5. The minimum absolute atomic E-state index is 0.0847. The van der Waals surface area contributed by atoms with Gasteiger partial charge in [0.05, 0.1) is 18.2 Å². The third kappa shape index (κ3) is 5.45. The number of esters is 2. The maximum atomic E-state index is 12.1. The van der Waals surface area contributed by atoms with E-state index in [4.69, 9.17) is 9.47 Å². The monoisotopic (exact) mass is 386 g/mol. The molecule has 7 nitrogen and oxygen atoms in total. The molecule has 0 fully saturated rings. The van der Waals surface area contributed by atoms with Crippen molar-refractivity contribution < 1.29 is 23.9 Å². The quantitative estimate of drug-likeness (QED) is 0.705. The molecule has 0 aliphatic heterocycles. The van der Waals surface area contributed by atoms with Crippen molar-refractivity contribution in [2.75, 3.05) is 13.2 Å². The van der Waals surface area contributed by atoms with Crippen molar-refractivity contribution >= 4 is 17.8 Å². The number of nitrogens with one attached hydrogen (secondary N) is 1. The minimum Gasteiger partial charge on any atom is -0.462 e. The van der Waals surface area contributed by atoms with Crippen LogP contribution >= 0.6 is 0 Å². The molecule has 1 N–H and O–H groups in total. The molecule has 1 aromatic heterocycles. The Bertz CT molecular complexity index is 842. The molecule has 0 unspecified atom stereocenters. The summed E-state index contributed by atoms with van der Waals surface area (Å²) in [6.07, 6.45) is 0. The first-order valence-electron chi connectivity index (χ1n) is 9.17. The van der Waals surface area contributed by atoms with Crippen LogP contribution in [0.4, 0.5) is 0 Å². The largest absolute Gasteiger partial charge is 0.462 e. The number of ether oxygens (including phenoxy) is 2. The summed E-state index contributed by atoms with van der Waals surface area (Å²) in [7, 11) is 0. The number of rotatable bonds is 8. The molecule has 7 heteroatoms. The van der Waals surface area contributed by atoms with Gasteiger partial charge in [0.2, 0.25) is 0 Å². The summed E-state index contributed by atoms with van der Waals surface area (Å²) in [6.45, 7) is 6.95. The lowest BCUT2D eigenvalue weighted by molar-refractivity contribution is -0.149. The standard InChI is InChI=1S/C21H26N2O5/c1-5-27-21(26)18-11-14(2)23(16(18)4)12-20(25)28-13-19(24)22-15(3)17-9-7-6-8-10-17/h6-11,15H,5,12-13H2,1-4H3,(H,22,24)/t15-/m1/s1. The third-order valence-corrected chi connectivity index (χ3v) is 4.40. The fraction of sp³-hybridized carbons (Fsp3) is 0.381. The van der Waals surface area contributed by atoms with E-state index >= 15 is 0 Å². The molecule has 2 rings (SSSR count). The Morgan fingerprint density at radius 1 is 1.11 bits per heavy atom. The lowest BCUT2D eigenvalue weighted by Gasteiger charge is -2.14. The number of amides is 1. The minimum atomic E-state index is -0.556. The maximum absolute atomic E-state index is 12.1. The second-order valence-electron chi connectivity index (χ2n) is 6.45. The van der Waals surface area contributed by atoms with E-state index in [1.807, 2.05) is 37.3 Å². The summed E-state index contributed by atoms with van der Waals surface area (Å²) in [6, 6.07) is 11.0. The molecule has 0 saturated heterocycles. The second kappa shape index (κ2) is 9.73. The predicted molar refractivity (Wildman–Crippen MR) is 104 cm³/mol. The number of carbonyl (C=O) groups excluding carboxylic acids is 3. The summed E-state index contributed by atoms with van der Waals surface area (Å²) in [5.41, 5.74) is 2.74. The SMILES string of the molecule is CCOC(=O)c1cc(C)n(CC(=O)OCC(=O)N[C@H](C)c2ccccc2)c1C. The van der Waals surface area contributed by atoms with Gasteiger partial charge in [-0.1, -0.05) is 30.3 Å². The van der Waals surface area contributed by atoms with Crippen molar-refractivity contribution in [2.45, 2.75) is 40.3 Å². The molecule has 1 heterocycles. The Morgan fingerprint density at radius 3 is 2.43 bits per heavy atom. The van der Waals surface area contributed by atoms with E-state index in [1.165, 1.54) is 0 Å². The van der Waals surface area contributed by atoms with Crippen molar-refractivity contribution in [1.29, 1.82) is 0 Å². The van der Waals surface area contributed by atoms with Gasteiger partial charge in [0, 0.05) is 11.4 Å². The molecule has 0 bridgehead atoms. The van der Waals surface area contributed by atoms with Crippen molar-refractivity contribution in [1.82, 2.24) is 9.88 Å². The molecule has 0 spiro atoms. The van der Waals surface area contributed by atoms with Crippen LogP contribution in [0.1, 0.15) is 47.2 Å². The molecular weight excluding hydrogens is 360 g/mol. The van der Waals surface area contributed by atoms with Gasteiger partial charge in [0.15, 0.2) is 6.61 Å². The first-order chi connectivity index (χ1) is 13.3. The highest BCUT2D eigenvalue weighted by Gasteiger charge is 2.19. The molecule has 1 amide bonds. The Labute approximate surface area is 164 Å². The molecule has 1 aromatic carbocycles. The Kier molecular flexibility index (Phi) is 7.37. The number of aromatic nitrogens is 1. The van der Waals surface area contributed by atoms with Crippen LogP contribution in [-0.4, -0.2) is 35.6 Å². The zero-order valence-corrected chi connectivity index (χ0v) is 16.7. The van der Waals surface area contributed by atoms with E-state index in [2.05, 4.69) is 5.32 Å². The smallest absolute Gasteiger partial charge is 0.339 e. The summed E-state index contributed by atoms with van der Waals surface area (Å²) in [5.74, 6) is -1.36. The molecule has 2 aromatic rings. The zero-order valence-electron chi connectivity index (χ0n) is 16.7. The molecule has 1 atom stereocenters. The van der Waals surface area contributed by atoms with Gasteiger partial charge in [-0.2, -0.15) is 0 Å². The molecule has 150 valence electrons. The van der Waals surface area contributed by atoms with E-state index in [0.717, 1.165) is 11.3 Å². The van der Waals surface area contributed by atoms with Crippen LogP contribution in [-0.2, 0) is 25.6 Å². The predicted octanol–water partition coefficient (Wildman–Crippen LogP) is 2.70. The maximum Gasteiger partial charge on any atom is 0.339 e. The van der Waals surface area contributed by atoms with Crippen LogP contribution in [0.3, 0.4) is 0 Å². The van der Waals surface area contributed by atoms with Gasteiger partial charge in [-0.3, -0.25) is 9.59 Å². The Morgan fingerprint density at radius 2 is 1.79 bits per heavy atom. The number of hydrogen-bond donors (Lipinski definition) is 1. The lowest BCUT2D eigenvalue weighted by Crippen LogP contribution is -2.31. The van der Waals surface area contributed by atoms with E-state index in [9.17, 15) is 14.4 Å². The first-order valence-corrected chi connectivity index (χ1v) is 9.17. The number of aryl methyl sites for hydroxylation is 1. The fourth-order valence-electron chi connectivity index (χ4n) is 2.89. The molecule has 0 radical (unpaired) electrons. The molecule has 0 aliphatic rings. The average molecular weight is 386 g/mol. The zero-order chi connectivity index (χ0) is 20.7. The van der Waals surface area contributed by atoms with Gasteiger partial charge in [-0.15, -0.1) is 0 Å². The van der Waals surface area contributed by atoms with Crippen molar-refractivity contribution in [2.24, 2.45) is 0 Å². The van der Waals surface area contributed by atoms with Gasteiger partial charge in [-0.05, 0) is 39.3 Å². The second-order valence-corrected chi connectivity index (χ2v) is 6.45. The summed E-state index contributed by atoms with van der Waals surface area (Å²) < 4.78 is 11.8. The Hall–Kier alpha value is -3.09. The fourth-order valence-corrected chi connectivity index (χ4v) is 2.89. The molecule has 0 saturated carbocycles. The molecule has 28 heavy (non-hydrogen) atoms. The normalized spacial score (nSPS) is 11.6. The van der Waals surface area contributed by atoms with Crippen LogP contribution in [0.15, 0.2) is 36.4 Å². The summed E-state index contributed by atoms with van der Waals surface area (Å²) in [5, 5.41) is 2.79. The van der Waals surface area contributed by atoms with Crippen molar-refractivity contribution in [3.63, 3.8) is 0 Å². The highest BCUT2D eigenvalue weighted by molar-refractivity contribution is 5.91. The summed E-state index contributed by atoms with van der Waals surface area (Å²) >= 11 is 0. The van der Waals surface area contributed by atoms with E-state index in [0.29, 0.717) is 11.3 Å². The van der Waals surface area contributed by atoms with Crippen LogP contribution < -0.4 is 5.32 Å². The summed E-state index contributed by atoms with van der Waals surface area (Å²) in [4.78, 5) is 36.1. The van der Waals surface area contributed by atoms with E-state index in [-0.39, 0.29) is 31.7 Å². The van der Waals surface area contributed by atoms with E-state index in [1.54, 1.807) is 31.4 Å². The van der Waals surface area contributed by atoms with Crippen LogP contribution in [0.5, 0.6) is 0 Å². The topological polar surface area (TPSA) is 86.6 Å². The van der Waals surface area contributed by atoms with Gasteiger partial charge in [0.25, 0.3) is 5.91 Å². The van der Waals surface area contributed by atoms with Gasteiger partial charge < -0.3 is 19.4 Å². The number of carbonyl (C=O) groups is 3. The molecular formula is C21H26N2O5. The van der Waals surface area contributed by atoms with Crippen molar-refractivity contribution in [3.05, 3.63) is 58.9 Å².